The molecule has 26 heavy (non-hydrogen) atoms. The molecular weight excluding hydrogens is 332 g/mol. The van der Waals surface area contributed by atoms with Gasteiger partial charge in [0.1, 0.15) is 24.8 Å². The molecule has 7 heteroatoms. The van der Waals surface area contributed by atoms with E-state index in [0.717, 1.165) is 28.4 Å². The van der Waals surface area contributed by atoms with Crippen LogP contribution in [0, 0.1) is 0 Å². The summed E-state index contributed by atoms with van der Waals surface area (Å²) >= 11 is 0. The van der Waals surface area contributed by atoms with Crippen LogP contribution >= 0.6 is 0 Å². The molecule has 2 aromatic heterocycles. The van der Waals surface area contributed by atoms with Crippen molar-refractivity contribution in [3.63, 3.8) is 0 Å². The Hall–Kier alpha value is -3.35. The van der Waals surface area contributed by atoms with Gasteiger partial charge in [0.15, 0.2) is 17.3 Å². The van der Waals surface area contributed by atoms with Crippen LogP contribution in [0.3, 0.4) is 0 Å². The predicted molar refractivity (Wildman–Crippen MR) is 96.6 cm³/mol. The summed E-state index contributed by atoms with van der Waals surface area (Å²) in [4.78, 5) is 13.0. The zero-order valence-electron chi connectivity index (χ0n) is 14.3. The number of anilines is 1. The number of nitrogens with one attached hydrogen (secondary N) is 1. The van der Waals surface area contributed by atoms with Crippen molar-refractivity contribution in [1.29, 1.82) is 0 Å². The topological polar surface area (TPSA) is 78.4 Å². The van der Waals surface area contributed by atoms with E-state index in [9.17, 15) is 0 Å². The number of benzene rings is 1. The molecule has 3 aromatic rings. The van der Waals surface area contributed by atoms with Gasteiger partial charge in [0.2, 0.25) is 0 Å². The van der Waals surface area contributed by atoms with Gasteiger partial charge in [0, 0.05) is 24.5 Å². The van der Waals surface area contributed by atoms with E-state index in [1.807, 2.05) is 30.3 Å². The Labute approximate surface area is 151 Å². The van der Waals surface area contributed by atoms with E-state index < -0.39 is 0 Å². The van der Waals surface area contributed by atoms with Gasteiger partial charge in [-0.1, -0.05) is 6.07 Å². The van der Waals surface area contributed by atoms with Crippen molar-refractivity contribution in [2.24, 2.45) is 0 Å². The molecule has 0 saturated carbocycles. The highest BCUT2D eigenvalue weighted by Crippen LogP contribution is 2.31. The number of fused-ring (bicyclic) bond motifs is 1. The van der Waals surface area contributed by atoms with E-state index >= 15 is 0 Å². The fourth-order valence-electron chi connectivity index (χ4n) is 2.64. The third kappa shape index (κ3) is 3.51. The van der Waals surface area contributed by atoms with Crippen molar-refractivity contribution in [2.75, 3.05) is 25.6 Å². The maximum absolute atomic E-state index is 5.62. The lowest BCUT2D eigenvalue weighted by molar-refractivity contribution is 0.171. The second-order valence-electron chi connectivity index (χ2n) is 5.71. The van der Waals surface area contributed by atoms with Crippen molar-refractivity contribution in [2.45, 2.75) is 6.54 Å². The molecule has 4 rings (SSSR count). The molecule has 0 radical (unpaired) electrons. The molecule has 1 aliphatic rings. The number of pyridine rings is 1. The highest BCUT2D eigenvalue weighted by atomic mass is 16.6. The van der Waals surface area contributed by atoms with Crippen molar-refractivity contribution in [3.05, 3.63) is 54.5 Å². The first-order valence-electron chi connectivity index (χ1n) is 8.27. The summed E-state index contributed by atoms with van der Waals surface area (Å²) in [7, 11) is 1.60. The fraction of sp³-hybridized carbons (Fsp3) is 0.211. The van der Waals surface area contributed by atoms with Crippen LogP contribution in [0.15, 0.2) is 48.9 Å². The molecule has 1 aromatic carbocycles. The summed E-state index contributed by atoms with van der Waals surface area (Å²) in [6, 6.07) is 9.60. The first kappa shape index (κ1) is 16.1. The highest BCUT2D eigenvalue weighted by molar-refractivity contribution is 5.57. The first-order valence-corrected chi connectivity index (χ1v) is 8.27. The van der Waals surface area contributed by atoms with Gasteiger partial charge < -0.3 is 19.5 Å². The Kier molecular flexibility index (Phi) is 4.51. The predicted octanol–water partition coefficient (Wildman–Crippen LogP) is 2.93. The monoisotopic (exact) mass is 350 g/mol. The van der Waals surface area contributed by atoms with E-state index in [1.165, 1.54) is 0 Å². The van der Waals surface area contributed by atoms with Gasteiger partial charge >= 0.3 is 0 Å². The number of rotatable bonds is 5. The Morgan fingerprint density at radius 2 is 1.96 bits per heavy atom. The molecule has 0 saturated heterocycles. The van der Waals surface area contributed by atoms with E-state index in [4.69, 9.17) is 14.2 Å². The van der Waals surface area contributed by atoms with Crippen LogP contribution in [0.2, 0.25) is 0 Å². The van der Waals surface area contributed by atoms with E-state index in [2.05, 4.69) is 20.3 Å². The van der Waals surface area contributed by atoms with Crippen LogP contribution in [0.1, 0.15) is 5.56 Å². The number of methoxy groups -OCH3 is 1. The van der Waals surface area contributed by atoms with Gasteiger partial charge in [-0.15, -0.1) is 0 Å². The molecule has 132 valence electrons. The average molecular weight is 350 g/mol. The zero-order valence-corrected chi connectivity index (χ0v) is 14.3. The summed E-state index contributed by atoms with van der Waals surface area (Å²) in [5, 5.41) is 3.31. The summed E-state index contributed by atoms with van der Waals surface area (Å²) in [6.45, 7) is 1.78. The SMILES string of the molecule is COc1cncc(-c2nccc(NCc3ccc4c(c3)OCCO4)n2)c1. The van der Waals surface area contributed by atoms with Gasteiger partial charge in [-0.3, -0.25) is 4.98 Å². The molecule has 0 spiro atoms. The second-order valence-corrected chi connectivity index (χ2v) is 5.71. The van der Waals surface area contributed by atoms with E-state index in [-0.39, 0.29) is 0 Å². The summed E-state index contributed by atoms with van der Waals surface area (Å²) in [6.07, 6.45) is 5.07. The number of aromatic nitrogens is 3. The first-order chi connectivity index (χ1) is 12.8. The van der Waals surface area contributed by atoms with Crippen LogP contribution in [0.5, 0.6) is 17.2 Å². The maximum atomic E-state index is 5.62. The lowest BCUT2D eigenvalue weighted by Crippen LogP contribution is -2.15. The zero-order chi connectivity index (χ0) is 17.8. The molecule has 0 bridgehead atoms. The summed E-state index contributed by atoms with van der Waals surface area (Å²) < 4.78 is 16.4. The van der Waals surface area contributed by atoms with Crippen molar-refractivity contribution in [1.82, 2.24) is 15.0 Å². The van der Waals surface area contributed by atoms with Crippen LogP contribution in [0.4, 0.5) is 5.82 Å². The molecule has 7 nitrogen and oxygen atoms in total. The van der Waals surface area contributed by atoms with Crippen molar-refractivity contribution < 1.29 is 14.2 Å². The molecule has 1 N–H and O–H groups in total. The number of hydrogen-bond acceptors (Lipinski definition) is 7. The summed E-state index contributed by atoms with van der Waals surface area (Å²) in [5.41, 5.74) is 1.88. The van der Waals surface area contributed by atoms with Crippen molar-refractivity contribution >= 4 is 5.82 Å². The maximum Gasteiger partial charge on any atom is 0.163 e. The standard InChI is InChI=1S/C19H18N4O3/c1-24-15-9-14(11-20-12-15)19-21-5-4-18(23-19)22-10-13-2-3-16-17(8-13)26-7-6-25-16/h2-5,8-9,11-12H,6-7,10H2,1H3,(H,21,22,23). The van der Waals surface area contributed by atoms with Gasteiger partial charge in [-0.05, 0) is 29.8 Å². The van der Waals surface area contributed by atoms with Crippen LogP contribution in [0.25, 0.3) is 11.4 Å². The highest BCUT2D eigenvalue weighted by Gasteiger charge is 2.11. The minimum absolute atomic E-state index is 0.577. The molecule has 0 unspecified atom stereocenters. The lowest BCUT2D eigenvalue weighted by atomic mass is 10.2. The third-order valence-electron chi connectivity index (χ3n) is 3.94. The van der Waals surface area contributed by atoms with Crippen molar-refractivity contribution in [3.8, 4) is 28.6 Å². The Bertz CT molecular complexity index is 917. The molecule has 1 aliphatic heterocycles. The number of ether oxygens (including phenoxy) is 3. The van der Waals surface area contributed by atoms with Gasteiger partial charge in [-0.25, -0.2) is 9.97 Å². The van der Waals surface area contributed by atoms with Crippen LogP contribution in [-0.2, 0) is 6.54 Å². The van der Waals surface area contributed by atoms with E-state index in [0.29, 0.717) is 31.3 Å². The Balaban J connectivity index is 1.49. The average Bonchev–Trinajstić information content (AvgIpc) is 2.72. The number of nitrogens with zero attached hydrogens (tertiary/aromatic N) is 3. The molecule has 0 amide bonds. The normalized spacial score (nSPS) is 12.5. The molecule has 0 fully saturated rings. The quantitative estimate of drug-likeness (QED) is 0.758. The third-order valence-corrected chi connectivity index (χ3v) is 3.94. The molecule has 3 heterocycles. The fourth-order valence-corrected chi connectivity index (χ4v) is 2.64. The van der Waals surface area contributed by atoms with Gasteiger partial charge in [-0.2, -0.15) is 0 Å². The molecule has 0 atom stereocenters. The minimum Gasteiger partial charge on any atom is -0.495 e. The van der Waals surface area contributed by atoms with Gasteiger partial charge in [0.25, 0.3) is 0 Å². The van der Waals surface area contributed by atoms with E-state index in [1.54, 1.807) is 25.7 Å². The Morgan fingerprint density at radius 3 is 2.85 bits per heavy atom. The minimum atomic E-state index is 0.577. The molecule has 0 aliphatic carbocycles. The van der Waals surface area contributed by atoms with Crippen LogP contribution in [-0.4, -0.2) is 35.3 Å². The Morgan fingerprint density at radius 1 is 1.08 bits per heavy atom. The largest absolute Gasteiger partial charge is 0.495 e. The molecular formula is C19H18N4O3. The number of hydrogen-bond donors (Lipinski definition) is 1. The second kappa shape index (κ2) is 7.26. The smallest absolute Gasteiger partial charge is 0.163 e. The van der Waals surface area contributed by atoms with Crippen LogP contribution < -0.4 is 19.5 Å². The van der Waals surface area contributed by atoms with Gasteiger partial charge in [0.05, 0.1) is 13.3 Å². The summed E-state index contributed by atoms with van der Waals surface area (Å²) in [5.74, 6) is 3.55. The lowest BCUT2D eigenvalue weighted by Gasteiger charge is -2.19.